The minimum absolute atomic E-state index is 0.443. The van der Waals surface area contributed by atoms with Crippen LogP contribution in [0, 0.1) is 5.92 Å². The summed E-state index contributed by atoms with van der Waals surface area (Å²) in [5.41, 5.74) is 1.88. The fourth-order valence-electron chi connectivity index (χ4n) is 2.27. The molecule has 3 rings (SSSR count). The molecule has 2 aromatic heterocycles. The van der Waals surface area contributed by atoms with E-state index in [-0.39, 0.29) is 0 Å². The van der Waals surface area contributed by atoms with Crippen LogP contribution in [-0.2, 0) is 17.6 Å². The van der Waals surface area contributed by atoms with Crippen molar-refractivity contribution in [3.05, 3.63) is 59.4 Å². The highest BCUT2D eigenvalue weighted by molar-refractivity contribution is 7.15. The van der Waals surface area contributed by atoms with Crippen LogP contribution >= 0.6 is 11.3 Å². The molecule has 3 aromatic rings. The summed E-state index contributed by atoms with van der Waals surface area (Å²) in [5.74, 6) is -1.22. The minimum Gasteiger partial charge on any atom is -0.481 e. The molecule has 1 atom stereocenters. The summed E-state index contributed by atoms with van der Waals surface area (Å²) in [6, 6.07) is 9.72. The lowest BCUT2D eigenvalue weighted by atomic mass is 9.95. The zero-order chi connectivity index (χ0) is 13.9. The summed E-state index contributed by atoms with van der Waals surface area (Å²) < 4.78 is 1.93. The highest BCUT2D eigenvalue weighted by Crippen LogP contribution is 2.17. The first-order chi connectivity index (χ1) is 9.72. The molecule has 20 heavy (non-hydrogen) atoms. The molecule has 102 valence electrons. The lowest BCUT2D eigenvalue weighted by Crippen LogP contribution is -2.19. The number of carboxylic acid groups (broad SMARTS) is 1. The van der Waals surface area contributed by atoms with Crippen LogP contribution in [0.4, 0.5) is 0 Å². The first-order valence-electron chi connectivity index (χ1n) is 6.40. The van der Waals surface area contributed by atoms with Crippen LogP contribution in [0.2, 0.25) is 0 Å². The maximum Gasteiger partial charge on any atom is 0.307 e. The Morgan fingerprint density at radius 1 is 1.30 bits per heavy atom. The number of imidazole rings is 1. The molecule has 1 aromatic carbocycles. The Morgan fingerprint density at radius 2 is 2.10 bits per heavy atom. The summed E-state index contributed by atoms with van der Waals surface area (Å²) in [4.78, 5) is 16.8. The zero-order valence-corrected chi connectivity index (χ0v) is 11.6. The molecule has 2 heterocycles. The normalized spacial score (nSPS) is 12.6. The number of rotatable bonds is 5. The van der Waals surface area contributed by atoms with Crippen LogP contribution < -0.4 is 0 Å². The van der Waals surface area contributed by atoms with E-state index in [2.05, 4.69) is 4.98 Å². The SMILES string of the molecule is O=C(O)C(Cc1ccccc1)Cc1cn2ccsc2n1. The van der Waals surface area contributed by atoms with Gasteiger partial charge in [0.25, 0.3) is 0 Å². The third kappa shape index (κ3) is 2.72. The molecule has 0 fully saturated rings. The smallest absolute Gasteiger partial charge is 0.307 e. The molecule has 0 aliphatic rings. The van der Waals surface area contributed by atoms with Crippen molar-refractivity contribution in [2.45, 2.75) is 12.8 Å². The van der Waals surface area contributed by atoms with Gasteiger partial charge < -0.3 is 5.11 Å². The average Bonchev–Trinajstić information content (AvgIpc) is 3.00. The Balaban J connectivity index is 1.77. The highest BCUT2D eigenvalue weighted by Gasteiger charge is 2.20. The number of fused-ring (bicyclic) bond motifs is 1. The molecule has 0 saturated heterocycles. The van der Waals surface area contributed by atoms with Crippen molar-refractivity contribution in [3.8, 4) is 0 Å². The molecule has 0 aliphatic heterocycles. The Kier molecular flexibility index (Phi) is 3.52. The van der Waals surface area contributed by atoms with E-state index in [1.807, 2.05) is 52.5 Å². The predicted molar refractivity (Wildman–Crippen MR) is 78.0 cm³/mol. The topological polar surface area (TPSA) is 54.6 Å². The van der Waals surface area contributed by atoms with Crippen molar-refractivity contribution >= 4 is 22.3 Å². The first kappa shape index (κ1) is 12.9. The molecular formula is C15H14N2O2S. The molecule has 0 aliphatic carbocycles. The van der Waals surface area contributed by atoms with Crippen molar-refractivity contribution < 1.29 is 9.90 Å². The van der Waals surface area contributed by atoms with Gasteiger partial charge in [0.05, 0.1) is 11.6 Å². The van der Waals surface area contributed by atoms with Gasteiger partial charge in [-0.3, -0.25) is 9.20 Å². The molecule has 5 heteroatoms. The largest absolute Gasteiger partial charge is 0.481 e. The fourth-order valence-corrected chi connectivity index (χ4v) is 2.99. The molecule has 4 nitrogen and oxygen atoms in total. The first-order valence-corrected chi connectivity index (χ1v) is 7.28. The van der Waals surface area contributed by atoms with Gasteiger partial charge in [-0.25, -0.2) is 4.98 Å². The van der Waals surface area contributed by atoms with Crippen molar-refractivity contribution in [2.24, 2.45) is 5.92 Å². The molecule has 0 radical (unpaired) electrons. The van der Waals surface area contributed by atoms with Crippen LogP contribution in [0.5, 0.6) is 0 Å². The van der Waals surface area contributed by atoms with Crippen molar-refractivity contribution in [2.75, 3.05) is 0 Å². The summed E-state index contributed by atoms with van der Waals surface area (Å²) in [5, 5.41) is 11.4. The molecule has 1 unspecified atom stereocenters. The molecule has 0 amide bonds. The number of aromatic nitrogens is 2. The van der Waals surface area contributed by atoms with Gasteiger partial charge in [-0.15, -0.1) is 11.3 Å². The lowest BCUT2D eigenvalue weighted by molar-refractivity contribution is -0.141. The quantitative estimate of drug-likeness (QED) is 0.784. The van der Waals surface area contributed by atoms with Crippen molar-refractivity contribution in [3.63, 3.8) is 0 Å². The van der Waals surface area contributed by atoms with Crippen LogP contribution in [0.25, 0.3) is 4.96 Å². The number of benzene rings is 1. The van der Waals surface area contributed by atoms with E-state index in [0.717, 1.165) is 16.2 Å². The number of carboxylic acids is 1. The van der Waals surface area contributed by atoms with E-state index in [9.17, 15) is 9.90 Å². The fraction of sp³-hybridized carbons (Fsp3) is 0.200. The summed E-state index contributed by atoms with van der Waals surface area (Å²) >= 11 is 1.55. The maximum absolute atomic E-state index is 11.4. The molecule has 0 spiro atoms. The van der Waals surface area contributed by atoms with E-state index in [1.54, 1.807) is 11.3 Å². The van der Waals surface area contributed by atoms with Crippen LogP contribution in [-0.4, -0.2) is 20.5 Å². The second kappa shape index (κ2) is 5.46. The van der Waals surface area contributed by atoms with Gasteiger partial charge in [-0.2, -0.15) is 0 Å². The average molecular weight is 286 g/mol. The summed E-state index contributed by atoms with van der Waals surface area (Å²) in [6.45, 7) is 0. The third-order valence-electron chi connectivity index (χ3n) is 3.27. The number of nitrogens with zero attached hydrogens (tertiary/aromatic N) is 2. The second-order valence-electron chi connectivity index (χ2n) is 4.75. The minimum atomic E-state index is -0.773. The van der Waals surface area contributed by atoms with Gasteiger partial charge >= 0.3 is 5.97 Å². The van der Waals surface area contributed by atoms with E-state index in [1.165, 1.54) is 0 Å². The van der Waals surface area contributed by atoms with E-state index < -0.39 is 11.9 Å². The van der Waals surface area contributed by atoms with Gasteiger partial charge in [0.15, 0.2) is 4.96 Å². The summed E-state index contributed by atoms with van der Waals surface area (Å²) in [6.07, 6.45) is 4.83. The van der Waals surface area contributed by atoms with Crippen LogP contribution in [0.3, 0.4) is 0 Å². The molecular weight excluding hydrogens is 272 g/mol. The predicted octanol–water partition coefficient (Wildman–Crippen LogP) is 2.88. The van der Waals surface area contributed by atoms with Crippen molar-refractivity contribution in [1.29, 1.82) is 0 Å². The van der Waals surface area contributed by atoms with Gasteiger partial charge in [0.1, 0.15) is 0 Å². The monoisotopic (exact) mass is 286 g/mol. The number of hydrogen-bond acceptors (Lipinski definition) is 3. The molecule has 0 saturated carbocycles. The maximum atomic E-state index is 11.4. The number of thiazole rings is 1. The van der Waals surface area contributed by atoms with Crippen LogP contribution in [0.15, 0.2) is 48.1 Å². The Bertz CT molecular complexity index is 689. The Hall–Kier alpha value is -2.14. The number of aliphatic carboxylic acids is 1. The van der Waals surface area contributed by atoms with E-state index in [0.29, 0.717) is 12.8 Å². The lowest BCUT2D eigenvalue weighted by Gasteiger charge is -2.10. The number of carbonyl (C=O) groups is 1. The highest BCUT2D eigenvalue weighted by atomic mass is 32.1. The Morgan fingerprint density at radius 3 is 2.80 bits per heavy atom. The van der Waals surface area contributed by atoms with E-state index in [4.69, 9.17) is 0 Å². The van der Waals surface area contributed by atoms with Gasteiger partial charge in [0, 0.05) is 24.2 Å². The number of hydrogen-bond donors (Lipinski definition) is 1. The van der Waals surface area contributed by atoms with Crippen molar-refractivity contribution in [1.82, 2.24) is 9.38 Å². The second-order valence-corrected chi connectivity index (χ2v) is 5.63. The van der Waals surface area contributed by atoms with Gasteiger partial charge in [-0.05, 0) is 12.0 Å². The Labute approximate surface area is 120 Å². The molecule has 0 bridgehead atoms. The summed E-state index contributed by atoms with van der Waals surface area (Å²) in [7, 11) is 0. The standard InChI is InChI=1S/C15H14N2O2S/c18-14(19)12(8-11-4-2-1-3-5-11)9-13-10-17-6-7-20-15(17)16-13/h1-7,10,12H,8-9H2,(H,18,19). The third-order valence-corrected chi connectivity index (χ3v) is 4.04. The van der Waals surface area contributed by atoms with Gasteiger partial charge in [0.2, 0.25) is 0 Å². The van der Waals surface area contributed by atoms with Crippen LogP contribution in [0.1, 0.15) is 11.3 Å². The van der Waals surface area contributed by atoms with E-state index >= 15 is 0 Å². The zero-order valence-electron chi connectivity index (χ0n) is 10.8. The molecule has 1 N–H and O–H groups in total. The van der Waals surface area contributed by atoms with Gasteiger partial charge in [-0.1, -0.05) is 30.3 Å².